The van der Waals surface area contributed by atoms with Gasteiger partial charge in [0.25, 0.3) is 0 Å². The predicted molar refractivity (Wildman–Crippen MR) is 103 cm³/mol. The molecule has 0 saturated carbocycles. The molecule has 0 unspecified atom stereocenters. The van der Waals surface area contributed by atoms with Crippen LogP contribution in [0.5, 0.6) is 11.5 Å². The van der Waals surface area contributed by atoms with Gasteiger partial charge in [0.05, 0.1) is 19.9 Å². The lowest BCUT2D eigenvalue weighted by Crippen LogP contribution is -2.37. The Morgan fingerprint density at radius 3 is 2.59 bits per heavy atom. The van der Waals surface area contributed by atoms with Gasteiger partial charge in [-0.3, -0.25) is 0 Å². The maximum Gasteiger partial charge on any atom is 0.321 e. The van der Waals surface area contributed by atoms with Crippen LogP contribution in [0.1, 0.15) is 30.7 Å². The smallest absolute Gasteiger partial charge is 0.321 e. The van der Waals surface area contributed by atoms with Gasteiger partial charge < -0.3 is 19.7 Å². The number of hydrogen-bond donors (Lipinski definition) is 1. The minimum absolute atomic E-state index is 0.171. The van der Waals surface area contributed by atoms with E-state index in [4.69, 9.17) is 9.47 Å². The fourth-order valence-electron chi connectivity index (χ4n) is 3.51. The number of urea groups is 1. The molecule has 1 atom stereocenters. The average molecular weight is 372 g/mol. The molecule has 2 amide bonds. The van der Waals surface area contributed by atoms with Gasteiger partial charge in [0.15, 0.2) is 11.5 Å². The number of para-hydroxylation sites is 1. The third-order valence-electron chi connectivity index (χ3n) is 4.94. The number of methoxy groups -OCH3 is 2. The van der Waals surface area contributed by atoms with Crippen molar-refractivity contribution in [3.8, 4) is 11.5 Å². The van der Waals surface area contributed by atoms with Crippen molar-refractivity contribution in [2.45, 2.75) is 25.2 Å². The number of nitrogens with one attached hydrogen (secondary N) is 1. The maximum atomic E-state index is 13.2. The monoisotopic (exact) mass is 372 g/mol. The number of anilines is 1. The summed E-state index contributed by atoms with van der Waals surface area (Å²) in [5.41, 5.74) is 1.64. The zero-order chi connectivity index (χ0) is 19.2. The molecule has 1 aliphatic rings. The highest BCUT2D eigenvalue weighted by molar-refractivity contribution is 5.91. The van der Waals surface area contributed by atoms with E-state index in [2.05, 4.69) is 5.32 Å². The number of rotatable bonds is 4. The molecule has 1 saturated heterocycles. The molecular weight excluding hydrogens is 347 g/mol. The molecule has 27 heavy (non-hydrogen) atoms. The molecule has 1 N–H and O–H groups in total. The lowest BCUT2D eigenvalue weighted by Gasteiger charge is -2.25. The van der Waals surface area contributed by atoms with E-state index in [1.54, 1.807) is 32.4 Å². The zero-order valence-corrected chi connectivity index (χ0v) is 15.7. The molecule has 1 fully saturated rings. The third-order valence-corrected chi connectivity index (χ3v) is 4.94. The van der Waals surface area contributed by atoms with Crippen LogP contribution in [0.3, 0.4) is 0 Å². The van der Waals surface area contributed by atoms with Gasteiger partial charge in [0.2, 0.25) is 0 Å². The van der Waals surface area contributed by atoms with Gasteiger partial charge in [-0.05, 0) is 42.7 Å². The minimum atomic E-state index is -0.243. The fraction of sp³-hybridized carbons (Fsp3) is 0.381. The number of amides is 2. The van der Waals surface area contributed by atoms with E-state index in [9.17, 15) is 9.18 Å². The highest BCUT2D eigenvalue weighted by Gasteiger charge is 2.24. The Morgan fingerprint density at radius 2 is 1.89 bits per heavy atom. The summed E-state index contributed by atoms with van der Waals surface area (Å²) >= 11 is 0. The van der Waals surface area contributed by atoms with Crippen molar-refractivity contribution in [3.63, 3.8) is 0 Å². The van der Waals surface area contributed by atoms with Crippen molar-refractivity contribution in [2.75, 3.05) is 32.6 Å². The Balaban J connectivity index is 1.75. The van der Waals surface area contributed by atoms with Crippen molar-refractivity contribution >= 4 is 11.7 Å². The molecule has 0 spiro atoms. The van der Waals surface area contributed by atoms with E-state index in [0.717, 1.165) is 24.8 Å². The number of halogens is 1. The molecule has 0 aliphatic carbocycles. The summed E-state index contributed by atoms with van der Waals surface area (Å²) in [6.45, 7) is 1.29. The Bertz CT molecular complexity index is 779. The van der Waals surface area contributed by atoms with Gasteiger partial charge in [0, 0.05) is 19.0 Å². The normalized spacial score (nSPS) is 17.1. The number of nitrogens with zero attached hydrogens (tertiary/aromatic N) is 1. The van der Waals surface area contributed by atoms with Crippen LogP contribution in [0.2, 0.25) is 0 Å². The zero-order valence-electron chi connectivity index (χ0n) is 15.7. The molecule has 5 nitrogen and oxygen atoms in total. The predicted octanol–water partition coefficient (Wildman–Crippen LogP) is 4.64. The number of likely N-dealkylation sites (tertiary alicyclic amines) is 1. The summed E-state index contributed by atoms with van der Waals surface area (Å²) < 4.78 is 23.9. The van der Waals surface area contributed by atoms with Crippen LogP contribution in [0.15, 0.2) is 42.5 Å². The lowest BCUT2D eigenvalue weighted by molar-refractivity contribution is 0.211. The molecule has 6 heteroatoms. The summed E-state index contributed by atoms with van der Waals surface area (Å²) in [7, 11) is 3.11. The lowest BCUT2D eigenvalue weighted by atomic mass is 9.94. The Kier molecular flexibility index (Phi) is 6.16. The largest absolute Gasteiger partial charge is 0.493 e. The van der Waals surface area contributed by atoms with E-state index >= 15 is 0 Å². The number of benzene rings is 2. The van der Waals surface area contributed by atoms with E-state index in [1.807, 2.05) is 17.0 Å². The minimum Gasteiger partial charge on any atom is -0.493 e. The molecular formula is C21H25FN2O3. The molecule has 0 aromatic heterocycles. The van der Waals surface area contributed by atoms with E-state index in [0.29, 0.717) is 30.3 Å². The van der Waals surface area contributed by atoms with Crippen LogP contribution in [0.4, 0.5) is 14.9 Å². The second-order valence-corrected chi connectivity index (χ2v) is 6.66. The molecule has 3 rings (SSSR count). The van der Waals surface area contributed by atoms with E-state index in [-0.39, 0.29) is 17.8 Å². The van der Waals surface area contributed by atoms with Crippen LogP contribution >= 0.6 is 0 Å². The van der Waals surface area contributed by atoms with Gasteiger partial charge in [-0.15, -0.1) is 0 Å². The number of carbonyl (C=O) groups is 1. The van der Waals surface area contributed by atoms with Crippen LogP contribution in [-0.2, 0) is 0 Å². The highest BCUT2D eigenvalue weighted by atomic mass is 19.1. The molecule has 0 bridgehead atoms. The number of hydrogen-bond acceptors (Lipinski definition) is 3. The number of ether oxygens (including phenoxy) is 2. The molecule has 1 heterocycles. The second kappa shape index (κ2) is 8.75. The Morgan fingerprint density at radius 1 is 1.11 bits per heavy atom. The van der Waals surface area contributed by atoms with Crippen molar-refractivity contribution in [2.24, 2.45) is 0 Å². The average Bonchev–Trinajstić information content (AvgIpc) is 2.94. The van der Waals surface area contributed by atoms with Gasteiger partial charge >= 0.3 is 6.03 Å². The van der Waals surface area contributed by atoms with Crippen LogP contribution < -0.4 is 14.8 Å². The quantitative estimate of drug-likeness (QED) is 0.850. The van der Waals surface area contributed by atoms with E-state index < -0.39 is 0 Å². The third kappa shape index (κ3) is 4.51. The van der Waals surface area contributed by atoms with Gasteiger partial charge in [0.1, 0.15) is 5.82 Å². The first-order chi connectivity index (χ1) is 13.1. The van der Waals surface area contributed by atoms with Crippen LogP contribution in [-0.4, -0.2) is 38.2 Å². The summed E-state index contributed by atoms with van der Waals surface area (Å²) in [5.74, 6) is 1.02. The molecule has 2 aromatic rings. The molecule has 144 valence electrons. The van der Waals surface area contributed by atoms with Crippen molar-refractivity contribution in [3.05, 3.63) is 53.8 Å². The standard InChI is InChI=1S/C21H25FN2O3/c1-26-19-8-5-7-18(20(19)27-2)23-21(25)24-13-4-3-6-16(14-24)15-9-11-17(22)12-10-15/h5,7-12,16H,3-4,6,13-14H2,1-2H3,(H,23,25)/t16-/m1/s1. The number of carbonyl (C=O) groups excluding carboxylic acids is 1. The van der Waals surface area contributed by atoms with Crippen LogP contribution in [0.25, 0.3) is 0 Å². The van der Waals surface area contributed by atoms with Gasteiger partial charge in [-0.25, -0.2) is 9.18 Å². The maximum absolute atomic E-state index is 13.2. The molecule has 2 aromatic carbocycles. The Labute approximate surface area is 159 Å². The SMILES string of the molecule is COc1cccc(NC(=O)N2CCCC[C@@H](c3ccc(F)cc3)C2)c1OC. The first-order valence-corrected chi connectivity index (χ1v) is 9.14. The van der Waals surface area contributed by atoms with Gasteiger partial charge in [-0.2, -0.15) is 0 Å². The highest BCUT2D eigenvalue weighted by Crippen LogP contribution is 2.35. The topological polar surface area (TPSA) is 50.8 Å². The summed E-state index contributed by atoms with van der Waals surface area (Å²) in [6.07, 6.45) is 2.96. The Hall–Kier alpha value is -2.76. The summed E-state index contributed by atoms with van der Waals surface area (Å²) in [6, 6.07) is 11.8. The van der Waals surface area contributed by atoms with Crippen LogP contribution in [0, 0.1) is 5.82 Å². The van der Waals surface area contributed by atoms with Crippen molar-refractivity contribution < 1.29 is 18.7 Å². The van der Waals surface area contributed by atoms with Crippen molar-refractivity contribution in [1.29, 1.82) is 0 Å². The van der Waals surface area contributed by atoms with Gasteiger partial charge in [-0.1, -0.05) is 24.6 Å². The first kappa shape index (κ1) is 19.0. The van der Waals surface area contributed by atoms with E-state index in [1.165, 1.54) is 12.1 Å². The summed E-state index contributed by atoms with van der Waals surface area (Å²) in [5, 5.41) is 2.94. The fourth-order valence-corrected chi connectivity index (χ4v) is 3.51. The second-order valence-electron chi connectivity index (χ2n) is 6.66. The molecule has 1 aliphatic heterocycles. The first-order valence-electron chi connectivity index (χ1n) is 9.14. The molecule has 0 radical (unpaired) electrons. The van der Waals surface area contributed by atoms with Crippen molar-refractivity contribution in [1.82, 2.24) is 4.90 Å². The summed E-state index contributed by atoms with van der Waals surface area (Å²) in [4.78, 5) is 14.7.